The van der Waals surface area contributed by atoms with Crippen molar-refractivity contribution in [3.8, 4) is 0 Å². The minimum Gasteiger partial charge on any atom is -0.309 e. The molecule has 1 aliphatic heterocycles. The molecule has 1 fully saturated rings. The summed E-state index contributed by atoms with van der Waals surface area (Å²) in [6.45, 7) is 4.79. The van der Waals surface area contributed by atoms with Gasteiger partial charge in [-0.3, -0.25) is 4.90 Å². The van der Waals surface area contributed by atoms with Crippen molar-refractivity contribution in [1.29, 1.82) is 0 Å². The molecule has 0 aromatic rings. The molecule has 1 saturated heterocycles. The number of piperidine rings is 1. The Labute approximate surface area is 98.9 Å². The van der Waals surface area contributed by atoms with E-state index < -0.39 is 0 Å². The molecule has 15 heavy (non-hydrogen) atoms. The second kappa shape index (κ2) is 7.26. The number of alkyl halides is 1. The monoisotopic (exact) mass is 230 g/mol. The standard InChI is InChI=1S/C12H23ClN2/c1-14(2)11-12-5-9-15(10-6-12)8-4-3-7-13/h3-4,12H,5-11H2,1-2H3. The summed E-state index contributed by atoms with van der Waals surface area (Å²) in [5.74, 6) is 1.53. The van der Waals surface area contributed by atoms with Gasteiger partial charge in [0, 0.05) is 19.0 Å². The maximum atomic E-state index is 5.59. The fraction of sp³-hybridized carbons (Fsp3) is 0.833. The zero-order valence-corrected chi connectivity index (χ0v) is 10.7. The highest BCUT2D eigenvalue weighted by Crippen LogP contribution is 2.17. The van der Waals surface area contributed by atoms with Crippen molar-refractivity contribution in [3.63, 3.8) is 0 Å². The quantitative estimate of drug-likeness (QED) is 0.527. The van der Waals surface area contributed by atoms with Crippen LogP contribution in [0.2, 0.25) is 0 Å². The molecule has 0 atom stereocenters. The Morgan fingerprint density at radius 3 is 2.47 bits per heavy atom. The highest BCUT2D eigenvalue weighted by atomic mass is 35.5. The van der Waals surface area contributed by atoms with Crippen molar-refractivity contribution in [2.45, 2.75) is 12.8 Å². The molecule has 0 aliphatic carbocycles. The van der Waals surface area contributed by atoms with Gasteiger partial charge in [0.25, 0.3) is 0 Å². The SMILES string of the molecule is CN(C)CC1CCN(CC=CCCl)CC1. The third-order valence-corrected chi connectivity index (χ3v) is 3.13. The van der Waals surface area contributed by atoms with Crippen molar-refractivity contribution in [3.05, 3.63) is 12.2 Å². The second-order valence-corrected chi connectivity index (χ2v) is 4.94. The van der Waals surface area contributed by atoms with E-state index in [0.29, 0.717) is 5.88 Å². The lowest BCUT2D eigenvalue weighted by Crippen LogP contribution is -2.37. The normalized spacial score (nSPS) is 20.5. The Hall–Kier alpha value is -0.0500. The highest BCUT2D eigenvalue weighted by molar-refractivity contribution is 6.18. The third kappa shape index (κ3) is 5.55. The van der Waals surface area contributed by atoms with Gasteiger partial charge in [0.2, 0.25) is 0 Å². The molecule has 1 rings (SSSR count). The van der Waals surface area contributed by atoms with Gasteiger partial charge in [-0.05, 0) is 45.9 Å². The molecular formula is C12H23ClN2. The summed E-state index contributed by atoms with van der Waals surface area (Å²) in [6.07, 6.45) is 6.90. The van der Waals surface area contributed by atoms with Crippen molar-refractivity contribution in [2.75, 3.05) is 46.2 Å². The number of rotatable bonds is 5. The van der Waals surface area contributed by atoms with Crippen LogP contribution in [0, 0.1) is 5.92 Å². The van der Waals surface area contributed by atoms with Crippen LogP contribution in [-0.4, -0.2) is 56.0 Å². The summed E-state index contributed by atoms with van der Waals surface area (Å²) in [5.41, 5.74) is 0. The Kier molecular flexibility index (Phi) is 6.30. The number of nitrogens with zero attached hydrogens (tertiary/aromatic N) is 2. The summed E-state index contributed by atoms with van der Waals surface area (Å²) < 4.78 is 0. The smallest absolute Gasteiger partial charge is 0.0404 e. The lowest BCUT2D eigenvalue weighted by Gasteiger charge is -2.32. The number of hydrogen-bond acceptors (Lipinski definition) is 2. The predicted octanol–water partition coefficient (Wildman–Crippen LogP) is 2.05. The van der Waals surface area contributed by atoms with E-state index in [-0.39, 0.29) is 0 Å². The molecule has 2 nitrogen and oxygen atoms in total. The van der Waals surface area contributed by atoms with E-state index in [1.807, 2.05) is 6.08 Å². The molecular weight excluding hydrogens is 208 g/mol. The minimum absolute atomic E-state index is 0.636. The van der Waals surface area contributed by atoms with E-state index >= 15 is 0 Å². The zero-order valence-electron chi connectivity index (χ0n) is 9.95. The van der Waals surface area contributed by atoms with Crippen molar-refractivity contribution < 1.29 is 0 Å². The van der Waals surface area contributed by atoms with Gasteiger partial charge in [-0.2, -0.15) is 0 Å². The maximum absolute atomic E-state index is 5.59. The first-order valence-electron chi connectivity index (χ1n) is 5.80. The lowest BCUT2D eigenvalue weighted by atomic mass is 9.96. The molecule has 0 N–H and O–H groups in total. The molecule has 88 valence electrons. The van der Waals surface area contributed by atoms with Crippen molar-refractivity contribution in [2.24, 2.45) is 5.92 Å². The predicted molar refractivity (Wildman–Crippen MR) is 67.6 cm³/mol. The molecule has 0 aromatic carbocycles. The summed E-state index contributed by atoms with van der Waals surface area (Å²) in [4.78, 5) is 4.81. The van der Waals surface area contributed by atoms with Crippen LogP contribution < -0.4 is 0 Å². The topological polar surface area (TPSA) is 6.48 Å². The van der Waals surface area contributed by atoms with Gasteiger partial charge in [-0.1, -0.05) is 12.2 Å². The van der Waals surface area contributed by atoms with E-state index in [0.717, 1.165) is 12.5 Å². The van der Waals surface area contributed by atoms with Gasteiger partial charge in [0.1, 0.15) is 0 Å². The minimum atomic E-state index is 0.636. The third-order valence-electron chi connectivity index (χ3n) is 2.95. The Bertz CT molecular complexity index is 184. The van der Waals surface area contributed by atoms with Crippen LogP contribution in [0.3, 0.4) is 0 Å². The Morgan fingerprint density at radius 2 is 1.93 bits per heavy atom. The summed E-state index contributed by atoms with van der Waals surface area (Å²) >= 11 is 5.59. The second-order valence-electron chi connectivity index (χ2n) is 4.63. The molecule has 1 aliphatic rings. The molecule has 0 spiro atoms. The van der Waals surface area contributed by atoms with Gasteiger partial charge in [-0.25, -0.2) is 0 Å². The van der Waals surface area contributed by atoms with Crippen molar-refractivity contribution in [1.82, 2.24) is 9.80 Å². The highest BCUT2D eigenvalue weighted by Gasteiger charge is 2.18. The number of halogens is 1. The van der Waals surface area contributed by atoms with Crippen LogP contribution in [0.1, 0.15) is 12.8 Å². The summed E-state index contributed by atoms with van der Waals surface area (Å²) in [6, 6.07) is 0. The summed E-state index contributed by atoms with van der Waals surface area (Å²) in [7, 11) is 4.32. The molecule has 0 amide bonds. The first-order valence-corrected chi connectivity index (χ1v) is 6.34. The average Bonchev–Trinajstić information content (AvgIpc) is 2.20. The van der Waals surface area contributed by atoms with E-state index in [4.69, 9.17) is 11.6 Å². The van der Waals surface area contributed by atoms with E-state index in [2.05, 4.69) is 30.0 Å². The van der Waals surface area contributed by atoms with Crippen LogP contribution in [-0.2, 0) is 0 Å². The molecule has 1 heterocycles. The fourth-order valence-corrected chi connectivity index (χ4v) is 2.28. The van der Waals surface area contributed by atoms with E-state index in [1.54, 1.807) is 0 Å². The Balaban J connectivity index is 2.15. The van der Waals surface area contributed by atoms with Gasteiger partial charge in [0.05, 0.1) is 0 Å². The van der Waals surface area contributed by atoms with Gasteiger partial charge >= 0.3 is 0 Å². The molecule has 3 heteroatoms. The van der Waals surface area contributed by atoms with Gasteiger partial charge in [0.15, 0.2) is 0 Å². The van der Waals surface area contributed by atoms with E-state index in [9.17, 15) is 0 Å². The maximum Gasteiger partial charge on any atom is 0.0404 e. The van der Waals surface area contributed by atoms with E-state index in [1.165, 1.54) is 32.5 Å². The van der Waals surface area contributed by atoms with Gasteiger partial charge in [-0.15, -0.1) is 11.6 Å². The van der Waals surface area contributed by atoms with Crippen LogP contribution >= 0.6 is 11.6 Å². The largest absolute Gasteiger partial charge is 0.309 e. The number of allylic oxidation sites excluding steroid dienone is 1. The average molecular weight is 231 g/mol. The molecule has 0 aromatic heterocycles. The first kappa shape index (κ1) is 13.0. The van der Waals surface area contributed by atoms with Crippen LogP contribution in [0.25, 0.3) is 0 Å². The summed E-state index contributed by atoms with van der Waals surface area (Å²) in [5, 5.41) is 0. The van der Waals surface area contributed by atoms with Crippen LogP contribution in [0.15, 0.2) is 12.2 Å². The zero-order chi connectivity index (χ0) is 11.1. The van der Waals surface area contributed by atoms with Crippen molar-refractivity contribution >= 4 is 11.6 Å². The lowest BCUT2D eigenvalue weighted by molar-refractivity contribution is 0.175. The number of likely N-dealkylation sites (tertiary alicyclic amines) is 1. The molecule has 0 bridgehead atoms. The number of hydrogen-bond donors (Lipinski definition) is 0. The fourth-order valence-electron chi connectivity index (χ4n) is 2.15. The first-order chi connectivity index (χ1) is 7.22. The van der Waals surface area contributed by atoms with Crippen LogP contribution in [0.4, 0.5) is 0 Å². The van der Waals surface area contributed by atoms with Gasteiger partial charge < -0.3 is 4.90 Å². The molecule has 0 unspecified atom stereocenters. The molecule has 0 radical (unpaired) electrons. The Morgan fingerprint density at radius 1 is 1.27 bits per heavy atom. The van der Waals surface area contributed by atoms with Crippen LogP contribution in [0.5, 0.6) is 0 Å². The molecule has 0 saturated carbocycles.